The first-order valence-electron chi connectivity index (χ1n) is 9.15. The average Bonchev–Trinajstić information content (AvgIpc) is 3.28. The molecule has 0 aliphatic heterocycles. The van der Waals surface area contributed by atoms with E-state index in [9.17, 15) is 0 Å². The Kier molecular flexibility index (Phi) is 3.97. The lowest BCUT2D eigenvalue weighted by molar-refractivity contribution is 0.829. The normalized spacial score (nSPS) is 14.1. The van der Waals surface area contributed by atoms with Gasteiger partial charge < -0.3 is 0 Å². The molecule has 0 bridgehead atoms. The highest BCUT2D eigenvalue weighted by Gasteiger charge is 2.31. The second-order valence-corrected chi connectivity index (χ2v) is 7.96. The fourth-order valence-corrected chi connectivity index (χ4v) is 4.17. The number of aromatic nitrogens is 6. The van der Waals surface area contributed by atoms with E-state index in [-0.39, 0.29) is 0 Å². The molecule has 3 heterocycles. The number of aryl methyl sites for hydroxylation is 2. The molecular weight excluding hydrogens is 356 g/mol. The first-order valence-corrected chi connectivity index (χ1v) is 10.1. The molecule has 1 aliphatic rings. The number of nitrogens with zero attached hydrogens (tertiary/aromatic N) is 6. The van der Waals surface area contributed by atoms with Crippen molar-refractivity contribution in [1.29, 1.82) is 0 Å². The summed E-state index contributed by atoms with van der Waals surface area (Å²) >= 11 is 1.67. The highest BCUT2D eigenvalue weighted by Crippen LogP contribution is 2.41. The molecule has 3 aromatic heterocycles. The minimum Gasteiger partial charge on any atom is -0.288 e. The van der Waals surface area contributed by atoms with Gasteiger partial charge in [-0.2, -0.15) is 0 Å². The van der Waals surface area contributed by atoms with E-state index in [1.165, 1.54) is 12.8 Å². The van der Waals surface area contributed by atoms with Gasteiger partial charge in [0.25, 0.3) is 0 Å². The number of thioether (sulfide) groups is 1. The maximum atomic E-state index is 4.68. The van der Waals surface area contributed by atoms with Crippen molar-refractivity contribution in [3.8, 4) is 5.69 Å². The molecule has 5 rings (SSSR count). The van der Waals surface area contributed by atoms with Crippen LogP contribution in [0.2, 0.25) is 0 Å². The van der Waals surface area contributed by atoms with Gasteiger partial charge in [0, 0.05) is 34.9 Å². The summed E-state index contributed by atoms with van der Waals surface area (Å²) in [6.07, 6.45) is 4.47. The highest BCUT2D eigenvalue weighted by molar-refractivity contribution is 7.98. The molecule has 0 N–H and O–H groups in total. The Morgan fingerprint density at radius 1 is 1.07 bits per heavy atom. The van der Waals surface area contributed by atoms with Crippen LogP contribution in [0.3, 0.4) is 0 Å². The van der Waals surface area contributed by atoms with Crippen LogP contribution in [0.25, 0.3) is 11.5 Å². The van der Waals surface area contributed by atoms with Gasteiger partial charge in [0.15, 0.2) is 5.16 Å². The smallest absolute Gasteiger partial charge is 0.234 e. The van der Waals surface area contributed by atoms with Crippen molar-refractivity contribution in [2.75, 3.05) is 0 Å². The zero-order valence-electron chi connectivity index (χ0n) is 15.3. The van der Waals surface area contributed by atoms with Gasteiger partial charge in [0.05, 0.1) is 5.69 Å². The molecule has 0 radical (unpaired) electrons. The van der Waals surface area contributed by atoms with Crippen LogP contribution in [0.15, 0.2) is 47.8 Å². The van der Waals surface area contributed by atoms with Crippen molar-refractivity contribution in [3.05, 3.63) is 65.5 Å². The number of fused-ring (bicyclic) bond motifs is 1. The molecule has 0 spiro atoms. The quantitative estimate of drug-likeness (QED) is 0.491. The summed E-state index contributed by atoms with van der Waals surface area (Å²) in [5.41, 5.74) is 4.25. The standard InChI is InChI=1S/C20H20N6S/c1-13-10-14(2)25-11-16(22-19(25)21-13)12-27-20-24-23-18(15-8-9-15)26(20)17-6-4-3-5-7-17/h3-7,10-11,15H,8-9,12H2,1-2H3. The van der Waals surface area contributed by atoms with E-state index in [1.54, 1.807) is 11.8 Å². The Hall–Kier alpha value is -2.67. The average molecular weight is 376 g/mol. The lowest BCUT2D eigenvalue weighted by Crippen LogP contribution is -2.01. The summed E-state index contributed by atoms with van der Waals surface area (Å²) in [6, 6.07) is 12.4. The number of benzene rings is 1. The summed E-state index contributed by atoms with van der Waals surface area (Å²) < 4.78 is 4.24. The topological polar surface area (TPSA) is 60.9 Å². The SMILES string of the molecule is Cc1cc(C)n2cc(CSc3nnc(C4CC4)n3-c3ccccc3)nc2n1. The monoisotopic (exact) mass is 376 g/mol. The van der Waals surface area contributed by atoms with E-state index < -0.39 is 0 Å². The maximum absolute atomic E-state index is 4.68. The van der Waals surface area contributed by atoms with E-state index >= 15 is 0 Å². The number of hydrogen-bond donors (Lipinski definition) is 0. The summed E-state index contributed by atoms with van der Waals surface area (Å²) in [7, 11) is 0. The van der Waals surface area contributed by atoms with Crippen LogP contribution >= 0.6 is 11.8 Å². The van der Waals surface area contributed by atoms with Gasteiger partial charge in [-0.3, -0.25) is 8.97 Å². The van der Waals surface area contributed by atoms with Gasteiger partial charge in [-0.05, 0) is 44.9 Å². The number of imidazole rings is 1. The summed E-state index contributed by atoms with van der Waals surface area (Å²) in [4.78, 5) is 9.20. The Morgan fingerprint density at radius 2 is 1.89 bits per heavy atom. The van der Waals surface area contributed by atoms with Gasteiger partial charge in [-0.1, -0.05) is 30.0 Å². The first-order chi connectivity index (χ1) is 13.2. The fraction of sp³-hybridized carbons (Fsp3) is 0.300. The number of para-hydroxylation sites is 1. The molecule has 1 saturated carbocycles. The van der Waals surface area contributed by atoms with Gasteiger partial charge in [-0.15, -0.1) is 10.2 Å². The van der Waals surface area contributed by atoms with E-state index in [0.717, 1.165) is 45.3 Å². The minimum atomic E-state index is 0.539. The van der Waals surface area contributed by atoms with Crippen molar-refractivity contribution >= 4 is 17.5 Å². The minimum absolute atomic E-state index is 0.539. The van der Waals surface area contributed by atoms with Crippen LogP contribution in [0, 0.1) is 13.8 Å². The van der Waals surface area contributed by atoms with Crippen molar-refractivity contribution in [2.24, 2.45) is 0 Å². The van der Waals surface area contributed by atoms with E-state index in [0.29, 0.717) is 5.92 Å². The van der Waals surface area contributed by atoms with E-state index in [1.807, 2.05) is 17.4 Å². The molecular formula is C20H20N6S. The number of rotatable bonds is 5. The maximum Gasteiger partial charge on any atom is 0.234 e. The van der Waals surface area contributed by atoms with Crippen molar-refractivity contribution < 1.29 is 0 Å². The largest absolute Gasteiger partial charge is 0.288 e. The predicted octanol–water partition coefficient (Wildman–Crippen LogP) is 4.10. The molecule has 1 aliphatic carbocycles. The van der Waals surface area contributed by atoms with Crippen LogP contribution in [-0.4, -0.2) is 29.1 Å². The first kappa shape index (κ1) is 16.5. The lowest BCUT2D eigenvalue weighted by Gasteiger charge is -2.09. The molecule has 0 unspecified atom stereocenters. The van der Waals surface area contributed by atoms with Crippen molar-refractivity contribution in [1.82, 2.24) is 29.1 Å². The van der Waals surface area contributed by atoms with Gasteiger partial charge in [0.2, 0.25) is 5.78 Å². The highest BCUT2D eigenvalue weighted by atomic mass is 32.2. The molecule has 1 fully saturated rings. The van der Waals surface area contributed by atoms with Gasteiger partial charge >= 0.3 is 0 Å². The summed E-state index contributed by atoms with van der Waals surface area (Å²) in [5.74, 6) is 3.10. The van der Waals surface area contributed by atoms with Crippen LogP contribution in [0.1, 0.15) is 41.7 Å². The third-order valence-electron chi connectivity index (χ3n) is 4.78. The molecule has 1 aromatic carbocycles. The van der Waals surface area contributed by atoms with Crippen molar-refractivity contribution in [3.63, 3.8) is 0 Å². The van der Waals surface area contributed by atoms with Gasteiger partial charge in [-0.25, -0.2) is 9.97 Å². The Morgan fingerprint density at radius 3 is 2.67 bits per heavy atom. The fourth-order valence-electron chi connectivity index (χ4n) is 3.33. The summed E-state index contributed by atoms with van der Waals surface area (Å²) in [5, 5.41) is 9.89. The third-order valence-corrected chi connectivity index (χ3v) is 5.74. The zero-order chi connectivity index (χ0) is 18.4. The van der Waals surface area contributed by atoms with Gasteiger partial charge in [0.1, 0.15) is 5.82 Å². The molecule has 7 heteroatoms. The second-order valence-electron chi connectivity index (χ2n) is 7.02. The molecule has 136 valence electrons. The van der Waals surface area contributed by atoms with Crippen LogP contribution < -0.4 is 0 Å². The molecule has 0 amide bonds. The second kappa shape index (κ2) is 6.49. The zero-order valence-corrected chi connectivity index (χ0v) is 16.1. The molecule has 4 aromatic rings. The Balaban J connectivity index is 1.46. The van der Waals surface area contributed by atoms with E-state index in [2.05, 4.69) is 68.2 Å². The Bertz CT molecular complexity index is 1110. The van der Waals surface area contributed by atoms with E-state index in [4.69, 9.17) is 0 Å². The summed E-state index contributed by atoms with van der Waals surface area (Å²) in [6.45, 7) is 4.08. The molecule has 0 saturated heterocycles. The van der Waals surface area contributed by atoms with Crippen LogP contribution in [0.4, 0.5) is 0 Å². The van der Waals surface area contributed by atoms with Crippen molar-refractivity contribution in [2.45, 2.75) is 43.5 Å². The molecule has 6 nitrogen and oxygen atoms in total. The predicted molar refractivity (Wildman–Crippen MR) is 105 cm³/mol. The number of hydrogen-bond acceptors (Lipinski definition) is 5. The van der Waals surface area contributed by atoms with Crippen LogP contribution in [0.5, 0.6) is 0 Å². The molecule has 0 atom stereocenters. The third kappa shape index (κ3) is 3.12. The lowest BCUT2D eigenvalue weighted by atomic mass is 10.3. The van der Waals surface area contributed by atoms with Crippen LogP contribution in [-0.2, 0) is 5.75 Å². The molecule has 27 heavy (non-hydrogen) atoms. The Labute approximate surface area is 161 Å².